The van der Waals surface area contributed by atoms with Crippen LogP contribution in [0.2, 0.25) is 0 Å². The summed E-state index contributed by atoms with van der Waals surface area (Å²) in [6.07, 6.45) is 1.50. The third-order valence-corrected chi connectivity index (χ3v) is 6.76. The second-order valence-corrected chi connectivity index (χ2v) is 9.04. The van der Waals surface area contributed by atoms with E-state index >= 15 is 0 Å². The molecule has 3 atom stereocenters. The van der Waals surface area contributed by atoms with Gasteiger partial charge >= 0.3 is 6.18 Å². The molecule has 1 saturated carbocycles. The van der Waals surface area contributed by atoms with Gasteiger partial charge in [0.1, 0.15) is 18.0 Å². The lowest BCUT2D eigenvalue weighted by atomic mass is 9.67. The number of carbonyl (C=O) groups excluding carboxylic acids is 1. The zero-order chi connectivity index (χ0) is 24.6. The molecular formula is C25H24F3N5O2. The molecule has 35 heavy (non-hydrogen) atoms. The number of carbonyl (C=O) groups is 1. The van der Waals surface area contributed by atoms with Gasteiger partial charge < -0.3 is 9.64 Å². The zero-order valence-electron chi connectivity index (χ0n) is 19.1. The summed E-state index contributed by atoms with van der Waals surface area (Å²) in [6, 6.07) is 8.54. The highest BCUT2D eigenvalue weighted by atomic mass is 19.4. The molecule has 5 rings (SSSR count). The van der Waals surface area contributed by atoms with Crippen molar-refractivity contribution in [2.75, 3.05) is 13.2 Å². The molecule has 0 N–H and O–H groups in total. The number of fused-ring (bicyclic) bond motifs is 1. The SMILES string of the molecule is Cc1ccc(-c2ncccn2)c(C(=O)N2C[C@@H]3CC[C@@H]3C[C@H]2COc2cccc(C(F)(F)F)n2)n1. The predicted molar refractivity (Wildman–Crippen MR) is 120 cm³/mol. The Morgan fingerprint density at radius 1 is 1.06 bits per heavy atom. The first-order chi connectivity index (χ1) is 16.8. The van der Waals surface area contributed by atoms with E-state index in [2.05, 4.69) is 19.9 Å². The minimum atomic E-state index is -4.56. The number of halogens is 3. The Kier molecular flexibility index (Phi) is 6.12. The standard InChI is InChI=1S/C25H24F3N5O2/c1-15-6-9-19(23-29-10-3-11-30-23)22(31-15)24(34)33-13-17-8-7-16(17)12-18(33)14-35-21-5-2-4-20(32-21)25(26,27)28/h2-6,9-11,16-18H,7-8,12-14H2,1H3/t16-,17+,18+/m1/s1. The largest absolute Gasteiger partial charge is 0.475 e. The molecule has 0 aromatic carbocycles. The van der Waals surface area contributed by atoms with E-state index < -0.39 is 11.9 Å². The fourth-order valence-corrected chi connectivity index (χ4v) is 4.78. The number of piperidine rings is 1. The van der Waals surface area contributed by atoms with Crippen LogP contribution in [0.4, 0.5) is 13.2 Å². The van der Waals surface area contributed by atoms with Crippen LogP contribution in [0.3, 0.4) is 0 Å². The molecular weight excluding hydrogens is 459 g/mol. The van der Waals surface area contributed by atoms with Crippen LogP contribution >= 0.6 is 0 Å². The third kappa shape index (κ3) is 4.82. The van der Waals surface area contributed by atoms with Gasteiger partial charge in [-0.05, 0) is 62.3 Å². The number of hydrogen-bond acceptors (Lipinski definition) is 6. The van der Waals surface area contributed by atoms with E-state index in [1.165, 1.54) is 12.1 Å². The van der Waals surface area contributed by atoms with E-state index in [1.807, 2.05) is 6.92 Å². The van der Waals surface area contributed by atoms with Crippen LogP contribution in [0.15, 0.2) is 48.8 Å². The molecule has 1 saturated heterocycles. The Labute approximate surface area is 200 Å². The van der Waals surface area contributed by atoms with Crippen LogP contribution in [0, 0.1) is 18.8 Å². The van der Waals surface area contributed by atoms with Crippen molar-refractivity contribution in [2.45, 2.75) is 38.4 Å². The highest BCUT2D eigenvalue weighted by molar-refractivity contribution is 5.98. The molecule has 0 bridgehead atoms. The van der Waals surface area contributed by atoms with Gasteiger partial charge in [0.2, 0.25) is 5.88 Å². The van der Waals surface area contributed by atoms with Crippen molar-refractivity contribution in [1.29, 1.82) is 0 Å². The number of alkyl halides is 3. The van der Waals surface area contributed by atoms with Crippen LogP contribution in [0.5, 0.6) is 5.88 Å². The first-order valence-electron chi connectivity index (χ1n) is 11.5. The molecule has 0 spiro atoms. The van der Waals surface area contributed by atoms with Crippen molar-refractivity contribution in [3.63, 3.8) is 0 Å². The van der Waals surface area contributed by atoms with E-state index in [1.54, 1.807) is 35.5 Å². The summed E-state index contributed by atoms with van der Waals surface area (Å²) in [7, 11) is 0. The number of rotatable bonds is 5. The lowest BCUT2D eigenvalue weighted by Crippen LogP contribution is -2.55. The fourth-order valence-electron chi connectivity index (χ4n) is 4.78. The maximum absolute atomic E-state index is 13.8. The lowest BCUT2D eigenvalue weighted by Gasteiger charge is -2.49. The van der Waals surface area contributed by atoms with E-state index in [4.69, 9.17) is 4.74 Å². The number of amides is 1. The second-order valence-electron chi connectivity index (χ2n) is 9.04. The van der Waals surface area contributed by atoms with Crippen molar-refractivity contribution >= 4 is 5.91 Å². The van der Waals surface area contributed by atoms with Crippen molar-refractivity contribution in [2.24, 2.45) is 11.8 Å². The monoisotopic (exact) mass is 483 g/mol. The van der Waals surface area contributed by atoms with Crippen molar-refractivity contribution in [1.82, 2.24) is 24.8 Å². The summed E-state index contributed by atoms with van der Waals surface area (Å²) in [4.78, 5) is 32.3. The molecule has 1 amide bonds. The smallest absolute Gasteiger partial charge is 0.433 e. The van der Waals surface area contributed by atoms with Gasteiger partial charge in [-0.3, -0.25) is 4.79 Å². The average molecular weight is 483 g/mol. The fraction of sp³-hybridized carbons (Fsp3) is 0.400. The number of nitrogens with zero attached hydrogens (tertiary/aromatic N) is 5. The summed E-state index contributed by atoms with van der Waals surface area (Å²) in [6.45, 7) is 2.41. The molecule has 1 aliphatic heterocycles. The zero-order valence-corrected chi connectivity index (χ0v) is 19.1. The Hall–Kier alpha value is -3.56. The van der Waals surface area contributed by atoms with E-state index in [0.29, 0.717) is 35.5 Å². The van der Waals surface area contributed by atoms with Crippen LogP contribution in [0.1, 0.15) is 41.1 Å². The van der Waals surface area contributed by atoms with Gasteiger partial charge in [-0.15, -0.1) is 0 Å². The molecule has 1 aliphatic carbocycles. The average Bonchev–Trinajstić information content (AvgIpc) is 2.84. The molecule has 3 aromatic heterocycles. The van der Waals surface area contributed by atoms with Gasteiger partial charge in [-0.1, -0.05) is 6.07 Å². The molecule has 0 radical (unpaired) electrons. The summed E-state index contributed by atoms with van der Waals surface area (Å²) < 4.78 is 44.8. The van der Waals surface area contributed by atoms with Gasteiger partial charge in [0.05, 0.1) is 11.6 Å². The van der Waals surface area contributed by atoms with Gasteiger partial charge in [0.15, 0.2) is 5.82 Å². The summed E-state index contributed by atoms with van der Waals surface area (Å²) in [5.41, 5.74) is 0.474. The van der Waals surface area contributed by atoms with Gasteiger partial charge in [-0.25, -0.2) is 19.9 Å². The number of aromatic nitrogens is 4. The topological polar surface area (TPSA) is 81.1 Å². The highest BCUT2D eigenvalue weighted by Gasteiger charge is 2.43. The lowest BCUT2D eigenvalue weighted by molar-refractivity contribution is -0.141. The second kappa shape index (κ2) is 9.24. The number of likely N-dealkylation sites (tertiary alicyclic amines) is 1. The number of pyridine rings is 2. The molecule has 0 unspecified atom stereocenters. The number of hydrogen-bond donors (Lipinski definition) is 0. The Balaban J connectivity index is 1.41. The van der Waals surface area contributed by atoms with Crippen LogP contribution < -0.4 is 4.74 Å². The third-order valence-electron chi connectivity index (χ3n) is 6.76. The molecule has 4 heterocycles. The maximum Gasteiger partial charge on any atom is 0.433 e. The Bertz CT molecular complexity index is 1220. The highest BCUT2D eigenvalue weighted by Crippen LogP contribution is 2.43. The summed E-state index contributed by atoms with van der Waals surface area (Å²) >= 11 is 0. The maximum atomic E-state index is 13.8. The minimum Gasteiger partial charge on any atom is -0.475 e. The minimum absolute atomic E-state index is 0.0479. The van der Waals surface area contributed by atoms with E-state index in [0.717, 1.165) is 25.3 Å². The molecule has 2 aliphatic rings. The predicted octanol–water partition coefficient (Wildman–Crippen LogP) is 4.58. The molecule has 3 aromatic rings. The van der Waals surface area contributed by atoms with Gasteiger partial charge in [0.25, 0.3) is 5.91 Å². The van der Waals surface area contributed by atoms with Gasteiger partial charge in [0, 0.05) is 30.7 Å². The van der Waals surface area contributed by atoms with Crippen LogP contribution in [-0.4, -0.2) is 49.9 Å². The molecule has 7 nitrogen and oxygen atoms in total. The normalized spacial score (nSPS) is 21.7. The van der Waals surface area contributed by atoms with Gasteiger partial charge in [-0.2, -0.15) is 13.2 Å². The Morgan fingerprint density at radius 2 is 1.83 bits per heavy atom. The molecule has 2 fully saturated rings. The first kappa shape index (κ1) is 23.2. The quantitative estimate of drug-likeness (QED) is 0.529. The first-order valence-corrected chi connectivity index (χ1v) is 11.5. The number of ether oxygens (including phenoxy) is 1. The van der Waals surface area contributed by atoms with Crippen LogP contribution in [0.25, 0.3) is 11.4 Å². The van der Waals surface area contributed by atoms with Crippen molar-refractivity contribution < 1.29 is 22.7 Å². The Morgan fingerprint density at radius 3 is 2.54 bits per heavy atom. The number of aryl methyl sites for hydroxylation is 1. The molecule has 182 valence electrons. The summed E-state index contributed by atoms with van der Waals surface area (Å²) in [5.74, 6) is 0.914. The van der Waals surface area contributed by atoms with Crippen molar-refractivity contribution in [3.05, 3.63) is 65.9 Å². The summed E-state index contributed by atoms with van der Waals surface area (Å²) in [5, 5.41) is 0. The molecule has 10 heteroatoms. The van der Waals surface area contributed by atoms with Crippen molar-refractivity contribution in [3.8, 4) is 17.3 Å². The van der Waals surface area contributed by atoms with Crippen LogP contribution in [-0.2, 0) is 6.18 Å². The van der Waals surface area contributed by atoms with E-state index in [-0.39, 0.29) is 30.1 Å². The van der Waals surface area contributed by atoms with E-state index in [9.17, 15) is 18.0 Å².